The average molecular weight is 371 g/mol. The number of carbonyl (C=O) groups is 1. The molecule has 5 rings (SSSR count). The molecule has 3 fully saturated rings. The number of nitrogens with zero attached hydrogens (tertiary/aromatic N) is 5. The molecule has 3 aliphatic rings. The fraction of sp³-hybridized carbons (Fsp3) is 0.737. The lowest BCUT2D eigenvalue weighted by Crippen LogP contribution is -2.40. The summed E-state index contributed by atoms with van der Waals surface area (Å²) in [5.41, 5.74) is 1.32. The third kappa shape index (κ3) is 3.04. The van der Waals surface area contributed by atoms with Gasteiger partial charge in [0.15, 0.2) is 5.82 Å². The second-order valence-corrected chi connectivity index (χ2v) is 8.34. The normalized spacial score (nSPS) is 28.2. The molecular formula is C19H25N5O3. The van der Waals surface area contributed by atoms with Crippen LogP contribution in [0.25, 0.3) is 0 Å². The summed E-state index contributed by atoms with van der Waals surface area (Å²) in [6.45, 7) is 2.57. The van der Waals surface area contributed by atoms with Crippen LogP contribution in [-0.2, 0) is 11.2 Å². The molecule has 8 heteroatoms. The highest BCUT2D eigenvalue weighted by atomic mass is 16.6. The van der Waals surface area contributed by atoms with Crippen molar-refractivity contribution in [1.29, 1.82) is 0 Å². The summed E-state index contributed by atoms with van der Waals surface area (Å²) in [4.78, 5) is 19.4. The summed E-state index contributed by atoms with van der Waals surface area (Å²) >= 11 is 0. The summed E-state index contributed by atoms with van der Waals surface area (Å²) < 4.78 is 10.4. The number of likely N-dealkylation sites (tertiary alicyclic amines) is 1. The number of rotatable bonds is 4. The molecule has 2 aliphatic carbocycles. The van der Waals surface area contributed by atoms with Crippen LogP contribution < -0.4 is 0 Å². The third-order valence-electron chi connectivity index (χ3n) is 6.67. The van der Waals surface area contributed by atoms with Gasteiger partial charge in [-0.05, 0) is 38.5 Å². The van der Waals surface area contributed by atoms with Crippen molar-refractivity contribution in [1.82, 2.24) is 25.4 Å². The van der Waals surface area contributed by atoms with Gasteiger partial charge in [-0.15, -0.1) is 0 Å². The summed E-state index contributed by atoms with van der Waals surface area (Å²) in [5, 5.41) is 11.9. The Morgan fingerprint density at radius 3 is 2.70 bits per heavy atom. The topological polar surface area (TPSA) is 98.2 Å². The highest BCUT2D eigenvalue weighted by Gasteiger charge is 2.49. The van der Waals surface area contributed by atoms with Gasteiger partial charge >= 0.3 is 0 Å². The van der Waals surface area contributed by atoms with Crippen molar-refractivity contribution < 1.29 is 13.9 Å². The standard InChI is InChI=1S/C19H25N5O3/c1-11-16(22-27-21-11)9-17(25)24-10-13-7-14(24)8-15(13)19-20-18(23-26-19)12-5-3-2-4-6-12/h12-15H,2-10H2,1H3. The zero-order chi connectivity index (χ0) is 18.4. The van der Waals surface area contributed by atoms with Gasteiger partial charge in [0, 0.05) is 24.4 Å². The van der Waals surface area contributed by atoms with Crippen LogP contribution >= 0.6 is 0 Å². The minimum absolute atomic E-state index is 0.105. The van der Waals surface area contributed by atoms with Crippen LogP contribution in [0.2, 0.25) is 0 Å². The van der Waals surface area contributed by atoms with Crippen LogP contribution in [0.1, 0.15) is 79.9 Å². The maximum Gasteiger partial charge on any atom is 0.230 e. The van der Waals surface area contributed by atoms with Crippen LogP contribution in [-0.4, -0.2) is 43.8 Å². The van der Waals surface area contributed by atoms with Gasteiger partial charge in [0.1, 0.15) is 11.4 Å². The maximum absolute atomic E-state index is 12.7. The van der Waals surface area contributed by atoms with Gasteiger partial charge in [-0.1, -0.05) is 34.7 Å². The molecule has 3 unspecified atom stereocenters. The van der Waals surface area contributed by atoms with Crippen molar-refractivity contribution in [3.05, 3.63) is 23.1 Å². The molecule has 0 spiro atoms. The molecule has 2 aromatic rings. The zero-order valence-corrected chi connectivity index (χ0v) is 15.6. The van der Waals surface area contributed by atoms with E-state index in [-0.39, 0.29) is 18.4 Å². The van der Waals surface area contributed by atoms with E-state index in [0.717, 1.165) is 31.1 Å². The minimum atomic E-state index is 0.105. The smallest absolute Gasteiger partial charge is 0.230 e. The van der Waals surface area contributed by atoms with E-state index in [1.807, 2.05) is 11.8 Å². The molecule has 144 valence electrons. The zero-order valence-electron chi connectivity index (χ0n) is 15.6. The molecular weight excluding hydrogens is 346 g/mol. The van der Waals surface area contributed by atoms with Gasteiger partial charge in [-0.3, -0.25) is 4.79 Å². The Bertz CT molecular complexity index is 825. The Balaban J connectivity index is 1.23. The summed E-state index contributed by atoms with van der Waals surface area (Å²) in [5.74, 6) is 2.95. The molecule has 0 radical (unpaired) electrons. The molecule has 2 aromatic heterocycles. The lowest BCUT2D eigenvalue weighted by Gasteiger charge is -2.30. The Labute approximate surface area is 157 Å². The van der Waals surface area contributed by atoms with Crippen molar-refractivity contribution in [3.63, 3.8) is 0 Å². The maximum atomic E-state index is 12.7. The first-order valence-corrected chi connectivity index (χ1v) is 10.1. The van der Waals surface area contributed by atoms with E-state index in [1.165, 1.54) is 32.1 Å². The van der Waals surface area contributed by atoms with Crippen LogP contribution in [0.5, 0.6) is 0 Å². The van der Waals surface area contributed by atoms with Crippen molar-refractivity contribution >= 4 is 5.91 Å². The van der Waals surface area contributed by atoms with E-state index in [0.29, 0.717) is 29.1 Å². The van der Waals surface area contributed by atoms with Gasteiger partial charge in [0.25, 0.3) is 0 Å². The Hall–Kier alpha value is -2.25. The SMILES string of the molecule is Cc1nonc1CC(=O)N1CC2CC1CC2c1nc(C2CCCCC2)no1. The first-order valence-electron chi connectivity index (χ1n) is 10.1. The lowest BCUT2D eigenvalue weighted by atomic mass is 9.89. The minimum Gasteiger partial charge on any atom is -0.339 e. The van der Waals surface area contributed by atoms with Gasteiger partial charge in [-0.25, -0.2) is 4.63 Å². The number of hydrogen-bond donors (Lipinski definition) is 0. The van der Waals surface area contributed by atoms with E-state index in [1.54, 1.807) is 0 Å². The quantitative estimate of drug-likeness (QED) is 0.815. The molecule has 2 saturated carbocycles. The molecule has 1 amide bonds. The van der Waals surface area contributed by atoms with E-state index >= 15 is 0 Å². The fourth-order valence-corrected chi connectivity index (χ4v) is 5.14. The van der Waals surface area contributed by atoms with E-state index in [9.17, 15) is 4.79 Å². The largest absolute Gasteiger partial charge is 0.339 e. The van der Waals surface area contributed by atoms with Gasteiger partial charge in [0.05, 0.1) is 6.42 Å². The average Bonchev–Trinajstić information content (AvgIpc) is 3.47. The Morgan fingerprint density at radius 1 is 1.15 bits per heavy atom. The van der Waals surface area contributed by atoms with Crippen LogP contribution in [0.15, 0.2) is 9.15 Å². The van der Waals surface area contributed by atoms with Crippen LogP contribution in [0.4, 0.5) is 0 Å². The van der Waals surface area contributed by atoms with Gasteiger partial charge in [-0.2, -0.15) is 4.98 Å². The monoisotopic (exact) mass is 371 g/mol. The van der Waals surface area contributed by atoms with Crippen molar-refractivity contribution in [2.24, 2.45) is 5.92 Å². The molecule has 3 heterocycles. The van der Waals surface area contributed by atoms with Crippen molar-refractivity contribution in [2.45, 2.75) is 76.2 Å². The Morgan fingerprint density at radius 2 is 2.00 bits per heavy atom. The van der Waals surface area contributed by atoms with Crippen LogP contribution in [0, 0.1) is 12.8 Å². The number of amides is 1. The lowest BCUT2D eigenvalue weighted by molar-refractivity contribution is -0.132. The van der Waals surface area contributed by atoms with Crippen molar-refractivity contribution in [3.8, 4) is 0 Å². The van der Waals surface area contributed by atoms with E-state index in [4.69, 9.17) is 14.1 Å². The number of piperidine rings is 1. The predicted molar refractivity (Wildman–Crippen MR) is 93.8 cm³/mol. The molecule has 27 heavy (non-hydrogen) atoms. The first-order chi connectivity index (χ1) is 13.2. The third-order valence-corrected chi connectivity index (χ3v) is 6.67. The van der Waals surface area contributed by atoms with Crippen molar-refractivity contribution in [2.75, 3.05) is 6.54 Å². The fourth-order valence-electron chi connectivity index (χ4n) is 5.14. The van der Waals surface area contributed by atoms with E-state index in [2.05, 4.69) is 15.5 Å². The second-order valence-electron chi connectivity index (χ2n) is 8.34. The first kappa shape index (κ1) is 16.9. The predicted octanol–water partition coefficient (Wildman–Crippen LogP) is 2.76. The van der Waals surface area contributed by atoms with Gasteiger partial charge < -0.3 is 9.42 Å². The highest BCUT2D eigenvalue weighted by Crippen LogP contribution is 2.47. The summed E-state index contributed by atoms with van der Waals surface area (Å²) in [7, 11) is 0. The van der Waals surface area contributed by atoms with Gasteiger partial charge in [0.2, 0.25) is 11.8 Å². The second kappa shape index (κ2) is 6.73. The molecule has 3 atom stereocenters. The number of fused-ring (bicyclic) bond motifs is 2. The molecule has 2 bridgehead atoms. The van der Waals surface area contributed by atoms with Crippen LogP contribution in [0.3, 0.4) is 0 Å². The molecule has 0 aromatic carbocycles. The summed E-state index contributed by atoms with van der Waals surface area (Å²) in [6, 6.07) is 0.262. The molecule has 8 nitrogen and oxygen atoms in total. The molecule has 1 aliphatic heterocycles. The number of aryl methyl sites for hydroxylation is 1. The molecule has 1 saturated heterocycles. The Kier molecular flexibility index (Phi) is 4.21. The summed E-state index contributed by atoms with van der Waals surface area (Å²) in [6.07, 6.45) is 8.40. The highest BCUT2D eigenvalue weighted by molar-refractivity contribution is 5.79. The molecule has 0 N–H and O–H groups in total. The number of hydrogen-bond acceptors (Lipinski definition) is 7. The number of aromatic nitrogens is 4. The van der Waals surface area contributed by atoms with E-state index < -0.39 is 0 Å². The number of carbonyl (C=O) groups excluding carboxylic acids is 1.